The molecule has 0 bridgehead atoms. The van der Waals surface area contributed by atoms with Gasteiger partial charge in [0.15, 0.2) is 6.61 Å². The van der Waals surface area contributed by atoms with Crippen molar-refractivity contribution < 1.29 is 14.3 Å². The number of rotatable bonds is 11. The summed E-state index contributed by atoms with van der Waals surface area (Å²) < 4.78 is 5.92. The van der Waals surface area contributed by atoms with Gasteiger partial charge in [0.05, 0.1) is 0 Å². The molecule has 7 heteroatoms. The Kier molecular flexibility index (Phi) is 10.5. The molecule has 0 heterocycles. The van der Waals surface area contributed by atoms with Gasteiger partial charge in [0.1, 0.15) is 11.8 Å². The summed E-state index contributed by atoms with van der Waals surface area (Å²) in [5.74, 6) is 0.753. The summed E-state index contributed by atoms with van der Waals surface area (Å²) in [5, 5.41) is 3.91. The number of nitrogens with one attached hydrogen (secondary N) is 1. The van der Waals surface area contributed by atoms with Gasteiger partial charge in [-0.1, -0.05) is 82.1 Å². The van der Waals surface area contributed by atoms with Gasteiger partial charge in [-0.15, -0.1) is 0 Å². The Morgan fingerprint density at radius 1 is 1.06 bits per heavy atom. The number of carbonyl (C=O) groups is 2. The van der Waals surface area contributed by atoms with E-state index >= 15 is 0 Å². The van der Waals surface area contributed by atoms with Crippen LogP contribution in [0.5, 0.6) is 5.75 Å². The number of hydrogen-bond donors (Lipinski definition) is 1. The molecule has 0 aliphatic heterocycles. The van der Waals surface area contributed by atoms with Gasteiger partial charge in [-0.25, -0.2) is 0 Å². The van der Waals surface area contributed by atoms with Crippen LogP contribution in [-0.2, 0) is 16.1 Å². The first-order valence-corrected chi connectivity index (χ1v) is 12.1. The molecule has 2 aromatic rings. The summed E-state index contributed by atoms with van der Waals surface area (Å²) in [5.41, 5.74) is 1.74. The van der Waals surface area contributed by atoms with Gasteiger partial charge in [-0.3, -0.25) is 9.59 Å². The van der Waals surface area contributed by atoms with Crippen LogP contribution in [0.25, 0.3) is 0 Å². The van der Waals surface area contributed by atoms with Crippen LogP contribution in [0.1, 0.15) is 58.1 Å². The normalized spacial score (nSPS) is 12.0. The second kappa shape index (κ2) is 12.9. The summed E-state index contributed by atoms with van der Waals surface area (Å²) in [4.78, 5) is 27.9. The number of ether oxygens (including phenoxy) is 1. The molecule has 0 fully saturated rings. The van der Waals surface area contributed by atoms with Crippen LogP contribution in [0, 0.1) is 5.92 Å². The Bertz CT molecular complexity index is 947. The highest BCUT2D eigenvalue weighted by molar-refractivity contribution is 6.35. The van der Waals surface area contributed by atoms with Crippen LogP contribution < -0.4 is 10.1 Å². The number of halogens is 2. The zero-order valence-electron chi connectivity index (χ0n) is 20.0. The van der Waals surface area contributed by atoms with E-state index in [4.69, 9.17) is 27.9 Å². The van der Waals surface area contributed by atoms with Crippen molar-refractivity contribution in [3.63, 3.8) is 0 Å². The van der Waals surface area contributed by atoms with Crippen molar-refractivity contribution >= 4 is 35.0 Å². The minimum absolute atomic E-state index is 0.178. The third kappa shape index (κ3) is 7.94. The number of hydrogen-bond acceptors (Lipinski definition) is 3. The molecule has 0 saturated carbocycles. The molecule has 0 unspecified atom stereocenters. The smallest absolute Gasteiger partial charge is 0.261 e. The summed E-state index contributed by atoms with van der Waals surface area (Å²) >= 11 is 12.4. The predicted molar refractivity (Wildman–Crippen MR) is 135 cm³/mol. The van der Waals surface area contributed by atoms with Gasteiger partial charge in [0, 0.05) is 23.1 Å². The van der Waals surface area contributed by atoms with Gasteiger partial charge in [0.2, 0.25) is 5.91 Å². The zero-order chi connectivity index (χ0) is 24.5. The molecule has 2 rings (SSSR count). The standard InChI is InChI=1S/C26H34Cl2N2O3/c1-6-23(26(32)29-14-17(2)3)30(15-19-11-12-20(27)13-22(19)28)25(31)16-33-24-10-8-7-9-21(24)18(4)5/h7-13,17-18,23H,6,14-16H2,1-5H3,(H,29,32)/t23-/m0/s1. The van der Waals surface area contributed by atoms with Crippen LogP contribution >= 0.6 is 23.2 Å². The number of amides is 2. The largest absolute Gasteiger partial charge is 0.483 e. The minimum Gasteiger partial charge on any atom is -0.483 e. The van der Waals surface area contributed by atoms with Gasteiger partial charge in [-0.05, 0) is 47.6 Å². The molecule has 1 atom stereocenters. The first-order chi connectivity index (χ1) is 15.6. The monoisotopic (exact) mass is 492 g/mol. The van der Waals surface area contributed by atoms with Crippen LogP contribution in [0.2, 0.25) is 10.0 Å². The number of carbonyl (C=O) groups excluding carboxylic acids is 2. The number of para-hydroxylation sites is 1. The first-order valence-electron chi connectivity index (χ1n) is 11.4. The molecule has 1 N–H and O–H groups in total. The summed E-state index contributed by atoms with van der Waals surface area (Å²) in [7, 11) is 0. The highest BCUT2D eigenvalue weighted by Crippen LogP contribution is 2.27. The maximum Gasteiger partial charge on any atom is 0.261 e. The second-order valence-corrected chi connectivity index (χ2v) is 9.65. The highest BCUT2D eigenvalue weighted by atomic mass is 35.5. The molecule has 0 radical (unpaired) electrons. The molecule has 0 aliphatic carbocycles. The van der Waals surface area contributed by atoms with Gasteiger partial charge < -0.3 is 15.0 Å². The fourth-order valence-corrected chi connectivity index (χ4v) is 3.96. The van der Waals surface area contributed by atoms with E-state index in [0.29, 0.717) is 40.2 Å². The van der Waals surface area contributed by atoms with Crippen molar-refractivity contribution in [3.05, 3.63) is 63.6 Å². The Labute approximate surface area is 207 Å². The summed E-state index contributed by atoms with van der Waals surface area (Å²) in [6, 6.07) is 12.2. The third-order valence-corrected chi connectivity index (χ3v) is 5.91. The zero-order valence-corrected chi connectivity index (χ0v) is 21.5. The van der Waals surface area contributed by atoms with E-state index in [1.165, 1.54) is 0 Å². The quantitative estimate of drug-likeness (QED) is 0.413. The molecule has 2 amide bonds. The lowest BCUT2D eigenvalue weighted by Crippen LogP contribution is -2.50. The van der Waals surface area contributed by atoms with Gasteiger partial charge in [-0.2, -0.15) is 0 Å². The lowest BCUT2D eigenvalue weighted by molar-refractivity contribution is -0.143. The van der Waals surface area contributed by atoms with Crippen molar-refractivity contribution in [2.45, 2.75) is 59.5 Å². The molecule has 180 valence electrons. The first kappa shape index (κ1) is 27.0. The number of benzene rings is 2. The van der Waals surface area contributed by atoms with E-state index in [-0.39, 0.29) is 30.9 Å². The summed E-state index contributed by atoms with van der Waals surface area (Å²) in [6.45, 7) is 10.6. The van der Waals surface area contributed by atoms with Crippen molar-refractivity contribution in [1.82, 2.24) is 10.2 Å². The molecule has 0 spiro atoms. The van der Waals surface area contributed by atoms with Gasteiger partial charge in [0.25, 0.3) is 5.91 Å². The van der Waals surface area contributed by atoms with Crippen molar-refractivity contribution in [1.29, 1.82) is 0 Å². The minimum atomic E-state index is -0.646. The fourth-order valence-electron chi connectivity index (χ4n) is 3.49. The van der Waals surface area contributed by atoms with E-state index in [2.05, 4.69) is 19.2 Å². The molecular formula is C26H34Cl2N2O3. The lowest BCUT2D eigenvalue weighted by atomic mass is 10.0. The Balaban J connectivity index is 2.28. The maximum absolute atomic E-state index is 13.4. The van der Waals surface area contributed by atoms with Crippen LogP contribution in [0.15, 0.2) is 42.5 Å². The van der Waals surface area contributed by atoms with Crippen molar-refractivity contribution in [2.75, 3.05) is 13.2 Å². The van der Waals surface area contributed by atoms with Gasteiger partial charge >= 0.3 is 0 Å². The molecule has 0 aliphatic rings. The molecule has 2 aromatic carbocycles. The van der Waals surface area contributed by atoms with E-state index in [1.807, 2.05) is 45.0 Å². The third-order valence-electron chi connectivity index (χ3n) is 5.32. The van der Waals surface area contributed by atoms with E-state index in [1.54, 1.807) is 23.1 Å². The van der Waals surface area contributed by atoms with Crippen molar-refractivity contribution in [3.8, 4) is 5.75 Å². The average molecular weight is 493 g/mol. The van der Waals surface area contributed by atoms with E-state index in [0.717, 1.165) is 5.56 Å². The Morgan fingerprint density at radius 2 is 1.76 bits per heavy atom. The molecule has 33 heavy (non-hydrogen) atoms. The summed E-state index contributed by atoms with van der Waals surface area (Å²) in [6.07, 6.45) is 0.462. The van der Waals surface area contributed by atoms with Crippen LogP contribution in [0.4, 0.5) is 0 Å². The van der Waals surface area contributed by atoms with Crippen LogP contribution in [-0.4, -0.2) is 35.9 Å². The Hall–Kier alpha value is -2.24. The number of nitrogens with zero attached hydrogens (tertiary/aromatic N) is 1. The Morgan fingerprint density at radius 3 is 2.36 bits per heavy atom. The molecule has 0 aromatic heterocycles. The predicted octanol–water partition coefficient (Wildman–Crippen LogP) is 6.08. The van der Waals surface area contributed by atoms with E-state index < -0.39 is 6.04 Å². The van der Waals surface area contributed by atoms with Crippen molar-refractivity contribution in [2.24, 2.45) is 5.92 Å². The second-order valence-electron chi connectivity index (χ2n) is 8.80. The SMILES string of the molecule is CC[C@@H](C(=O)NCC(C)C)N(Cc1ccc(Cl)cc1Cl)C(=O)COc1ccccc1C(C)C. The highest BCUT2D eigenvalue weighted by Gasteiger charge is 2.29. The lowest BCUT2D eigenvalue weighted by Gasteiger charge is -2.31. The fraction of sp³-hybridized carbons (Fsp3) is 0.462. The topological polar surface area (TPSA) is 58.6 Å². The van der Waals surface area contributed by atoms with Crippen LogP contribution in [0.3, 0.4) is 0 Å². The maximum atomic E-state index is 13.4. The van der Waals surface area contributed by atoms with E-state index in [9.17, 15) is 9.59 Å². The average Bonchev–Trinajstić information content (AvgIpc) is 2.77. The molecular weight excluding hydrogens is 459 g/mol. The molecule has 0 saturated heterocycles. The molecule has 5 nitrogen and oxygen atoms in total.